The Hall–Kier alpha value is -0.0800. The first kappa shape index (κ1) is 10.4. The van der Waals surface area contributed by atoms with Crippen molar-refractivity contribution >= 4 is 0 Å². The summed E-state index contributed by atoms with van der Waals surface area (Å²) in [6.07, 6.45) is 5.78. The first-order valence-corrected chi connectivity index (χ1v) is 6.23. The first-order valence-electron chi connectivity index (χ1n) is 6.23. The minimum Gasteiger partial charge on any atom is -0.312 e. The highest BCUT2D eigenvalue weighted by atomic mass is 15.2. The third-order valence-corrected chi connectivity index (χ3v) is 3.83. The monoisotopic (exact) mass is 196 g/mol. The van der Waals surface area contributed by atoms with Crippen LogP contribution in [0.2, 0.25) is 0 Å². The topological polar surface area (TPSA) is 15.3 Å². The van der Waals surface area contributed by atoms with E-state index in [9.17, 15) is 0 Å². The van der Waals surface area contributed by atoms with Gasteiger partial charge in [0.1, 0.15) is 0 Å². The molecule has 1 aliphatic carbocycles. The summed E-state index contributed by atoms with van der Waals surface area (Å²) in [7, 11) is 0. The lowest BCUT2D eigenvalue weighted by molar-refractivity contribution is 0.104. The molecule has 1 heterocycles. The van der Waals surface area contributed by atoms with Crippen molar-refractivity contribution in [1.82, 2.24) is 10.2 Å². The molecule has 14 heavy (non-hydrogen) atoms. The molecule has 0 spiro atoms. The quantitative estimate of drug-likeness (QED) is 0.688. The van der Waals surface area contributed by atoms with Crippen LogP contribution in [0.3, 0.4) is 0 Å². The van der Waals surface area contributed by atoms with Crippen molar-refractivity contribution < 1.29 is 0 Å². The highest BCUT2D eigenvalue weighted by Crippen LogP contribution is 2.27. The van der Waals surface area contributed by atoms with Gasteiger partial charge in [0.15, 0.2) is 0 Å². The zero-order valence-corrected chi connectivity index (χ0v) is 9.63. The Morgan fingerprint density at radius 1 is 1.21 bits per heavy atom. The predicted octanol–water partition coefficient (Wildman–Crippen LogP) is 1.86. The summed E-state index contributed by atoms with van der Waals surface area (Å²) in [6, 6.07) is 1.59. The number of hydrogen-bond acceptors (Lipinski definition) is 2. The molecule has 0 bridgehead atoms. The Morgan fingerprint density at radius 3 is 2.79 bits per heavy atom. The maximum atomic E-state index is 3.52. The van der Waals surface area contributed by atoms with Gasteiger partial charge in [-0.25, -0.2) is 0 Å². The van der Waals surface area contributed by atoms with Gasteiger partial charge in [-0.3, -0.25) is 4.90 Å². The van der Waals surface area contributed by atoms with Gasteiger partial charge in [0, 0.05) is 31.7 Å². The summed E-state index contributed by atoms with van der Waals surface area (Å²) in [4.78, 5) is 2.72. The smallest absolute Gasteiger partial charge is 0.0167 e. The molecule has 0 amide bonds. The van der Waals surface area contributed by atoms with Crippen molar-refractivity contribution in [2.24, 2.45) is 5.92 Å². The van der Waals surface area contributed by atoms with Crippen molar-refractivity contribution in [3.63, 3.8) is 0 Å². The molecule has 1 saturated heterocycles. The fourth-order valence-corrected chi connectivity index (χ4v) is 3.03. The van der Waals surface area contributed by atoms with Gasteiger partial charge >= 0.3 is 0 Å². The van der Waals surface area contributed by atoms with Crippen LogP contribution in [0.25, 0.3) is 0 Å². The lowest BCUT2D eigenvalue weighted by atomic mass is 9.86. The van der Waals surface area contributed by atoms with Gasteiger partial charge in [0.05, 0.1) is 0 Å². The molecule has 2 unspecified atom stereocenters. The molecule has 1 saturated carbocycles. The number of piperazine rings is 1. The third-order valence-electron chi connectivity index (χ3n) is 3.83. The van der Waals surface area contributed by atoms with Gasteiger partial charge in [-0.15, -0.1) is 0 Å². The number of nitrogens with zero attached hydrogens (tertiary/aromatic N) is 1. The molecular weight excluding hydrogens is 172 g/mol. The average molecular weight is 196 g/mol. The van der Waals surface area contributed by atoms with Crippen molar-refractivity contribution in [2.75, 3.05) is 19.6 Å². The van der Waals surface area contributed by atoms with E-state index in [2.05, 4.69) is 24.1 Å². The second-order valence-electron chi connectivity index (χ2n) is 5.28. The van der Waals surface area contributed by atoms with Crippen molar-refractivity contribution in [3.8, 4) is 0 Å². The molecule has 0 aromatic rings. The second kappa shape index (κ2) is 4.63. The lowest BCUT2D eigenvalue weighted by Crippen LogP contribution is -2.53. The van der Waals surface area contributed by atoms with Crippen LogP contribution in [0, 0.1) is 5.92 Å². The maximum absolute atomic E-state index is 3.52. The normalized spacial score (nSPS) is 41.1. The van der Waals surface area contributed by atoms with E-state index >= 15 is 0 Å². The van der Waals surface area contributed by atoms with Gasteiger partial charge in [-0.2, -0.15) is 0 Å². The van der Waals surface area contributed by atoms with Gasteiger partial charge in [-0.05, 0) is 25.7 Å². The molecule has 2 heteroatoms. The minimum absolute atomic E-state index is 0.695. The second-order valence-corrected chi connectivity index (χ2v) is 5.28. The molecule has 0 radical (unpaired) electrons. The average Bonchev–Trinajstić information content (AvgIpc) is 2.18. The van der Waals surface area contributed by atoms with Crippen LogP contribution in [0.15, 0.2) is 0 Å². The van der Waals surface area contributed by atoms with E-state index in [0.717, 1.165) is 12.0 Å². The third kappa shape index (κ3) is 2.48. The lowest BCUT2D eigenvalue weighted by Gasteiger charge is -2.41. The van der Waals surface area contributed by atoms with Gasteiger partial charge in [0.25, 0.3) is 0 Å². The molecule has 82 valence electrons. The Morgan fingerprint density at radius 2 is 2.07 bits per heavy atom. The molecule has 3 atom stereocenters. The molecular formula is C12H24N2. The van der Waals surface area contributed by atoms with Crippen molar-refractivity contribution in [2.45, 2.75) is 51.6 Å². The molecule has 0 aromatic carbocycles. The van der Waals surface area contributed by atoms with Crippen LogP contribution in [0.4, 0.5) is 0 Å². The van der Waals surface area contributed by atoms with Gasteiger partial charge in [0.2, 0.25) is 0 Å². The van der Waals surface area contributed by atoms with Crippen LogP contribution in [-0.2, 0) is 0 Å². The summed E-state index contributed by atoms with van der Waals surface area (Å²) >= 11 is 0. The van der Waals surface area contributed by atoms with E-state index < -0.39 is 0 Å². The Balaban J connectivity index is 1.86. The summed E-state index contributed by atoms with van der Waals surface area (Å²) in [5.74, 6) is 0.957. The number of hydrogen-bond donors (Lipinski definition) is 1. The standard InChI is InChI=1S/C12H24N2/c1-10-4-3-5-12(8-10)14-7-6-13-11(2)9-14/h10-13H,3-9H2,1-2H3/t10?,11-,12?/m1/s1. The molecule has 1 aliphatic heterocycles. The Labute approximate surface area is 88.1 Å². The first-order chi connectivity index (χ1) is 6.75. The highest BCUT2D eigenvalue weighted by molar-refractivity contribution is 4.84. The number of nitrogens with one attached hydrogen (secondary N) is 1. The maximum Gasteiger partial charge on any atom is 0.0167 e. The van der Waals surface area contributed by atoms with E-state index in [1.54, 1.807) is 0 Å². The van der Waals surface area contributed by atoms with Crippen molar-refractivity contribution in [1.29, 1.82) is 0 Å². The van der Waals surface area contributed by atoms with E-state index in [1.807, 2.05) is 0 Å². The Kier molecular flexibility index (Phi) is 3.45. The fourth-order valence-electron chi connectivity index (χ4n) is 3.03. The van der Waals surface area contributed by atoms with Crippen LogP contribution in [-0.4, -0.2) is 36.6 Å². The largest absolute Gasteiger partial charge is 0.312 e. The van der Waals surface area contributed by atoms with Crippen LogP contribution >= 0.6 is 0 Å². The summed E-state index contributed by atoms with van der Waals surface area (Å²) in [5.41, 5.74) is 0. The minimum atomic E-state index is 0.695. The van der Waals surface area contributed by atoms with Crippen LogP contribution < -0.4 is 5.32 Å². The Bertz CT molecular complexity index is 161. The van der Waals surface area contributed by atoms with E-state index in [0.29, 0.717) is 6.04 Å². The number of rotatable bonds is 1. The molecule has 1 N–H and O–H groups in total. The summed E-state index contributed by atoms with van der Waals surface area (Å²) in [6.45, 7) is 8.43. The van der Waals surface area contributed by atoms with Crippen molar-refractivity contribution in [3.05, 3.63) is 0 Å². The SMILES string of the molecule is CC1CCCC(N2CCN[C@H](C)C2)C1. The molecule has 2 fully saturated rings. The van der Waals surface area contributed by atoms with Crippen LogP contribution in [0.5, 0.6) is 0 Å². The zero-order chi connectivity index (χ0) is 9.97. The zero-order valence-electron chi connectivity index (χ0n) is 9.63. The predicted molar refractivity (Wildman–Crippen MR) is 60.5 cm³/mol. The molecule has 0 aromatic heterocycles. The summed E-state index contributed by atoms with van der Waals surface area (Å²) in [5, 5.41) is 3.52. The molecule has 2 aliphatic rings. The fraction of sp³-hybridized carbons (Fsp3) is 1.00. The van der Waals surface area contributed by atoms with Gasteiger partial charge < -0.3 is 5.32 Å². The van der Waals surface area contributed by atoms with Gasteiger partial charge in [-0.1, -0.05) is 19.8 Å². The van der Waals surface area contributed by atoms with E-state index in [-0.39, 0.29) is 0 Å². The van der Waals surface area contributed by atoms with Crippen LogP contribution in [0.1, 0.15) is 39.5 Å². The van der Waals surface area contributed by atoms with E-state index in [4.69, 9.17) is 0 Å². The molecule has 2 nitrogen and oxygen atoms in total. The van der Waals surface area contributed by atoms with E-state index in [1.165, 1.54) is 45.3 Å². The molecule has 2 rings (SSSR count). The highest BCUT2D eigenvalue weighted by Gasteiger charge is 2.27. The summed E-state index contributed by atoms with van der Waals surface area (Å²) < 4.78 is 0.